The van der Waals surface area contributed by atoms with Gasteiger partial charge in [0.1, 0.15) is 11.6 Å². The number of nitrogens with one attached hydrogen (secondary N) is 1. The molecule has 2 aliphatic rings. The highest BCUT2D eigenvalue weighted by Gasteiger charge is 2.29. The lowest BCUT2D eigenvalue weighted by molar-refractivity contribution is -0.138. The number of carbonyl (C=O) groups excluding carboxylic acids is 1. The number of aromatic nitrogens is 2. The Bertz CT molecular complexity index is 860. The first-order chi connectivity index (χ1) is 14.6. The van der Waals surface area contributed by atoms with Crippen molar-refractivity contribution in [2.24, 2.45) is 5.92 Å². The molecular weight excluding hydrogens is 382 g/mol. The Hall–Kier alpha value is -2.87. The molecule has 0 saturated carbocycles. The summed E-state index contributed by atoms with van der Waals surface area (Å²) < 4.78 is 10.6. The number of nitrogens with zero attached hydrogens (tertiary/aromatic N) is 4. The second-order valence-electron chi connectivity index (χ2n) is 7.75. The molecule has 2 aliphatic heterocycles. The van der Waals surface area contributed by atoms with Crippen LogP contribution in [0.3, 0.4) is 0 Å². The standard InChI is InChI=1S/C22H29N5O3/c1-16-15-20(24-18-3-5-19(29-2)6-4-18)25-22(23-16)27-11-9-26(10-12-27)21(28)17-7-13-30-14-8-17/h3-6,15,17H,7-14H2,1-2H3,(H,23,24,25). The number of methoxy groups -OCH3 is 1. The number of amides is 1. The zero-order chi connectivity index (χ0) is 20.9. The molecule has 3 heterocycles. The van der Waals surface area contributed by atoms with E-state index in [1.165, 1.54) is 0 Å². The van der Waals surface area contributed by atoms with Crippen LogP contribution >= 0.6 is 0 Å². The summed E-state index contributed by atoms with van der Waals surface area (Å²) in [6.07, 6.45) is 1.67. The highest BCUT2D eigenvalue weighted by Crippen LogP contribution is 2.23. The molecule has 8 nitrogen and oxygen atoms in total. The summed E-state index contributed by atoms with van der Waals surface area (Å²) in [4.78, 5) is 26.2. The van der Waals surface area contributed by atoms with E-state index in [0.29, 0.717) is 32.3 Å². The fourth-order valence-corrected chi connectivity index (χ4v) is 3.91. The highest BCUT2D eigenvalue weighted by molar-refractivity contribution is 5.79. The minimum atomic E-state index is 0.112. The zero-order valence-electron chi connectivity index (χ0n) is 17.6. The maximum Gasteiger partial charge on any atom is 0.227 e. The molecule has 0 spiro atoms. The Morgan fingerprint density at radius 2 is 1.80 bits per heavy atom. The maximum absolute atomic E-state index is 12.8. The lowest BCUT2D eigenvalue weighted by Crippen LogP contribution is -2.51. The Morgan fingerprint density at radius 1 is 1.10 bits per heavy atom. The first-order valence-electron chi connectivity index (χ1n) is 10.5. The molecule has 0 radical (unpaired) electrons. The van der Waals surface area contributed by atoms with E-state index in [9.17, 15) is 4.79 Å². The number of hydrogen-bond donors (Lipinski definition) is 1. The predicted molar refractivity (Wildman–Crippen MR) is 115 cm³/mol. The molecule has 2 aromatic rings. The molecule has 1 aromatic carbocycles. The summed E-state index contributed by atoms with van der Waals surface area (Å²) in [7, 11) is 1.65. The zero-order valence-corrected chi connectivity index (χ0v) is 17.6. The molecule has 30 heavy (non-hydrogen) atoms. The Morgan fingerprint density at radius 3 is 2.47 bits per heavy atom. The van der Waals surface area contributed by atoms with Gasteiger partial charge in [0.25, 0.3) is 0 Å². The number of anilines is 3. The van der Waals surface area contributed by atoms with Crippen molar-refractivity contribution in [1.29, 1.82) is 0 Å². The first kappa shape index (κ1) is 20.4. The monoisotopic (exact) mass is 411 g/mol. The number of hydrogen-bond acceptors (Lipinski definition) is 7. The van der Waals surface area contributed by atoms with E-state index in [1.807, 2.05) is 42.2 Å². The summed E-state index contributed by atoms with van der Waals surface area (Å²) in [6, 6.07) is 9.66. The molecule has 1 amide bonds. The molecule has 8 heteroatoms. The highest BCUT2D eigenvalue weighted by atomic mass is 16.5. The van der Waals surface area contributed by atoms with Crippen LogP contribution in [-0.2, 0) is 9.53 Å². The van der Waals surface area contributed by atoms with E-state index < -0.39 is 0 Å². The molecule has 0 bridgehead atoms. The van der Waals surface area contributed by atoms with Gasteiger partial charge < -0.3 is 24.6 Å². The summed E-state index contributed by atoms with van der Waals surface area (Å²) in [6.45, 7) is 6.23. The lowest BCUT2D eigenvalue weighted by atomic mass is 9.98. The summed E-state index contributed by atoms with van der Waals surface area (Å²) >= 11 is 0. The maximum atomic E-state index is 12.8. The van der Waals surface area contributed by atoms with Crippen LogP contribution in [0.15, 0.2) is 30.3 Å². The topological polar surface area (TPSA) is 79.8 Å². The quantitative estimate of drug-likeness (QED) is 0.810. The van der Waals surface area contributed by atoms with Crippen molar-refractivity contribution in [3.8, 4) is 5.75 Å². The SMILES string of the molecule is COc1ccc(Nc2cc(C)nc(N3CCN(C(=O)C4CCOCC4)CC3)n2)cc1. The van der Waals surface area contributed by atoms with Gasteiger partial charge in [0.2, 0.25) is 11.9 Å². The van der Waals surface area contributed by atoms with Crippen molar-refractivity contribution < 1.29 is 14.3 Å². The van der Waals surface area contributed by atoms with Gasteiger partial charge in [-0.15, -0.1) is 0 Å². The number of rotatable bonds is 5. The average molecular weight is 412 g/mol. The summed E-state index contributed by atoms with van der Waals surface area (Å²) in [5.41, 5.74) is 1.84. The van der Waals surface area contributed by atoms with Gasteiger partial charge in [-0.2, -0.15) is 4.98 Å². The van der Waals surface area contributed by atoms with E-state index in [0.717, 1.165) is 48.9 Å². The molecule has 1 aromatic heterocycles. The minimum Gasteiger partial charge on any atom is -0.497 e. The average Bonchev–Trinajstić information content (AvgIpc) is 2.79. The van der Waals surface area contributed by atoms with Crippen LogP contribution in [0, 0.1) is 12.8 Å². The molecule has 0 atom stereocenters. The van der Waals surface area contributed by atoms with Crippen LogP contribution < -0.4 is 15.0 Å². The van der Waals surface area contributed by atoms with Gasteiger partial charge in [-0.1, -0.05) is 0 Å². The van der Waals surface area contributed by atoms with E-state index in [-0.39, 0.29) is 11.8 Å². The predicted octanol–water partition coefficient (Wildman–Crippen LogP) is 2.61. The number of ether oxygens (including phenoxy) is 2. The van der Waals surface area contributed by atoms with Crippen LogP contribution in [0.1, 0.15) is 18.5 Å². The number of carbonyl (C=O) groups is 1. The van der Waals surface area contributed by atoms with Crippen molar-refractivity contribution in [3.05, 3.63) is 36.0 Å². The normalized spacial score (nSPS) is 17.7. The molecule has 160 valence electrons. The van der Waals surface area contributed by atoms with Gasteiger partial charge in [0, 0.05) is 62.8 Å². The molecule has 0 unspecified atom stereocenters. The van der Waals surface area contributed by atoms with Crippen molar-refractivity contribution in [3.63, 3.8) is 0 Å². The Balaban J connectivity index is 1.39. The van der Waals surface area contributed by atoms with Crippen molar-refractivity contribution in [2.45, 2.75) is 19.8 Å². The van der Waals surface area contributed by atoms with E-state index in [2.05, 4.69) is 15.2 Å². The smallest absolute Gasteiger partial charge is 0.227 e. The third kappa shape index (κ3) is 4.81. The van der Waals surface area contributed by atoms with Gasteiger partial charge in [-0.3, -0.25) is 4.79 Å². The number of piperazine rings is 1. The number of aryl methyl sites for hydroxylation is 1. The second kappa shape index (κ2) is 9.30. The van der Waals surface area contributed by atoms with Gasteiger partial charge >= 0.3 is 0 Å². The largest absolute Gasteiger partial charge is 0.497 e. The van der Waals surface area contributed by atoms with Crippen LogP contribution in [-0.4, -0.2) is 67.3 Å². The molecular formula is C22H29N5O3. The van der Waals surface area contributed by atoms with Gasteiger partial charge in [0.05, 0.1) is 7.11 Å². The van der Waals surface area contributed by atoms with E-state index in [1.54, 1.807) is 7.11 Å². The van der Waals surface area contributed by atoms with Crippen LogP contribution in [0.5, 0.6) is 5.75 Å². The van der Waals surface area contributed by atoms with Crippen LogP contribution in [0.4, 0.5) is 17.5 Å². The van der Waals surface area contributed by atoms with Gasteiger partial charge in [-0.25, -0.2) is 4.98 Å². The Labute approximate surface area is 177 Å². The van der Waals surface area contributed by atoms with Gasteiger partial charge in [0.15, 0.2) is 0 Å². The summed E-state index contributed by atoms with van der Waals surface area (Å²) in [5.74, 6) is 2.65. The second-order valence-corrected chi connectivity index (χ2v) is 7.75. The van der Waals surface area contributed by atoms with Gasteiger partial charge in [-0.05, 0) is 44.0 Å². The third-order valence-electron chi connectivity index (χ3n) is 5.65. The fraction of sp³-hybridized carbons (Fsp3) is 0.500. The molecule has 1 N–H and O–H groups in total. The Kier molecular flexibility index (Phi) is 6.32. The van der Waals surface area contributed by atoms with E-state index >= 15 is 0 Å². The summed E-state index contributed by atoms with van der Waals surface area (Å²) in [5, 5.41) is 3.34. The number of benzene rings is 1. The van der Waals surface area contributed by atoms with Crippen molar-refractivity contribution >= 4 is 23.4 Å². The lowest BCUT2D eigenvalue weighted by Gasteiger charge is -2.37. The van der Waals surface area contributed by atoms with Crippen LogP contribution in [0.2, 0.25) is 0 Å². The molecule has 2 saturated heterocycles. The van der Waals surface area contributed by atoms with Crippen molar-refractivity contribution in [1.82, 2.24) is 14.9 Å². The third-order valence-corrected chi connectivity index (χ3v) is 5.65. The molecule has 4 rings (SSSR count). The fourth-order valence-electron chi connectivity index (χ4n) is 3.91. The first-order valence-corrected chi connectivity index (χ1v) is 10.5. The minimum absolute atomic E-state index is 0.112. The van der Waals surface area contributed by atoms with E-state index in [4.69, 9.17) is 14.5 Å². The molecule has 2 fully saturated rings. The molecule has 0 aliphatic carbocycles. The van der Waals surface area contributed by atoms with Crippen molar-refractivity contribution in [2.75, 3.05) is 56.7 Å². The van der Waals surface area contributed by atoms with Crippen LogP contribution in [0.25, 0.3) is 0 Å².